The van der Waals surface area contributed by atoms with Gasteiger partial charge in [0.25, 0.3) is 0 Å². The molecule has 7 rings (SSSR count). The molecule has 6 heterocycles. The molecule has 1 unspecified atom stereocenters. The van der Waals surface area contributed by atoms with Gasteiger partial charge in [-0.05, 0) is 49.7 Å². The van der Waals surface area contributed by atoms with E-state index in [0.717, 1.165) is 78.2 Å². The second kappa shape index (κ2) is 12.9. The normalized spacial score (nSPS) is 16.3. The molecule has 2 aliphatic heterocycles. The first-order valence-corrected chi connectivity index (χ1v) is 15.3. The van der Waals surface area contributed by atoms with Gasteiger partial charge in [-0.1, -0.05) is 44.2 Å². The highest BCUT2D eigenvalue weighted by Gasteiger charge is 2.33. The molecule has 1 amide bonds. The lowest BCUT2D eigenvalue weighted by Gasteiger charge is -2.40. The molecule has 10 heteroatoms. The van der Waals surface area contributed by atoms with Gasteiger partial charge < -0.3 is 9.80 Å². The van der Waals surface area contributed by atoms with E-state index in [2.05, 4.69) is 50.3 Å². The number of pyridine rings is 2. The van der Waals surface area contributed by atoms with Crippen LogP contribution in [-0.4, -0.2) is 79.4 Å². The molecule has 2 saturated heterocycles. The first kappa shape index (κ1) is 30.0. The zero-order chi connectivity index (χ0) is 30.0. The van der Waals surface area contributed by atoms with Crippen molar-refractivity contribution >= 4 is 17.2 Å². The topological polar surface area (TPSA) is 98.6 Å². The number of hydrogen-bond acceptors (Lipinski definition) is 7. The Morgan fingerprint density at radius 2 is 1.62 bits per heavy atom. The van der Waals surface area contributed by atoms with E-state index in [0.29, 0.717) is 18.7 Å². The molecule has 1 aromatic carbocycles. The fourth-order valence-electron chi connectivity index (χ4n) is 6.53. The van der Waals surface area contributed by atoms with Crippen LogP contribution in [0, 0.1) is 11.3 Å². The molecule has 5 aromatic rings. The van der Waals surface area contributed by atoms with Crippen LogP contribution in [0.3, 0.4) is 0 Å². The van der Waals surface area contributed by atoms with E-state index >= 15 is 0 Å². The molecular weight excluding hydrogens is 562 g/mol. The van der Waals surface area contributed by atoms with Crippen LogP contribution in [0.25, 0.3) is 27.8 Å². The summed E-state index contributed by atoms with van der Waals surface area (Å²) >= 11 is 0. The van der Waals surface area contributed by atoms with Gasteiger partial charge in [0.05, 0.1) is 23.5 Å². The first-order valence-electron chi connectivity index (χ1n) is 15.3. The molecule has 0 aliphatic carbocycles. The van der Waals surface area contributed by atoms with Gasteiger partial charge in [0.15, 0.2) is 0 Å². The van der Waals surface area contributed by atoms with Crippen LogP contribution in [0.15, 0.2) is 79.5 Å². The van der Waals surface area contributed by atoms with E-state index in [1.165, 1.54) is 6.42 Å². The van der Waals surface area contributed by atoms with E-state index in [1.54, 1.807) is 15.4 Å². The van der Waals surface area contributed by atoms with Crippen LogP contribution in [0.4, 0.5) is 5.82 Å². The average molecular weight is 602 g/mol. The number of fused-ring (bicyclic) bond motifs is 1. The van der Waals surface area contributed by atoms with Crippen molar-refractivity contribution in [3.8, 4) is 28.3 Å². The minimum absolute atomic E-state index is 0. The number of piperidine rings is 1. The highest BCUT2D eigenvalue weighted by molar-refractivity contribution is 5.87. The Hall–Kier alpha value is -5.01. The lowest BCUT2D eigenvalue weighted by atomic mass is 10.00. The van der Waals surface area contributed by atoms with Crippen LogP contribution in [0.1, 0.15) is 43.9 Å². The number of likely N-dealkylation sites (tertiary alicyclic amines) is 1. The molecule has 230 valence electrons. The summed E-state index contributed by atoms with van der Waals surface area (Å²) < 4.78 is 3.52. The third-order valence-corrected chi connectivity index (χ3v) is 8.85. The number of rotatable bonds is 6. The highest BCUT2D eigenvalue weighted by atomic mass is 16.2. The lowest BCUT2D eigenvalue weighted by Crippen LogP contribution is -2.52. The van der Waals surface area contributed by atoms with Crippen LogP contribution >= 0.6 is 0 Å². The van der Waals surface area contributed by atoms with Crippen LogP contribution in [-0.2, 0) is 11.8 Å². The maximum atomic E-state index is 13.9. The summed E-state index contributed by atoms with van der Waals surface area (Å²) in [5.41, 5.74) is 6.07. The largest absolute Gasteiger partial charge is 0.353 e. The number of benzene rings is 1. The molecule has 0 saturated carbocycles. The molecule has 10 nitrogen and oxygen atoms in total. The van der Waals surface area contributed by atoms with E-state index in [4.69, 9.17) is 4.98 Å². The number of nitriles is 1. The number of hydrogen-bond donors (Lipinski definition) is 0. The zero-order valence-electron chi connectivity index (χ0n) is 24.9. The van der Waals surface area contributed by atoms with Gasteiger partial charge in [0, 0.05) is 74.1 Å². The first-order chi connectivity index (χ1) is 21.6. The lowest BCUT2D eigenvalue weighted by molar-refractivity contribution is -0.138. The second-order valence-corrected chi connectivity index (χ2v) is 11.6. The Kier molecular flexibility index (Phi) is 8.62. The van der Waals surface area contributed by atoms with E-state index in [1.807, 2.05) is 61.0 Å². The number of piperazine rings is 1. The van der Waals surface area contributed by atoms with Crippen LogP contribution in [0.5, 0.6) is 0 Å². The van der Waals surface area contributed by atoms with Crippen molar-refractivity contribution in [3.63, 3.8) is 0 Å². The van der Waals surface area contributed by atoms with E-state index in [9.17, 15) is 10.1 Å². The molecule has 0 N–H and O–H groups in total. The predicted molar refractivity (Wildman–Crippen MR) is 175 cm³/mol. The maximum Gasteiger partial charge on any atom is 0.244 e. The van der Waals surface area contributed by atoms with Gasteiger partial charge in [-0.3, -0.25) is 14.4 Å². The highest BCUT2D eigenvalue weighted by Crippen LogP contribution is 2.33. The fraction of sp³-hybridized carbons (Fsp3) is 0.343. The quantitative estimate of drug-likeness (QED) is 0.265. The molecule has 1 atom stereocenters. The van der Waals surface area contributed by atoms with Gasteiger partial charge in [-0.2, -0.15) is 15.5 Å². The standard InChI is InChI=1S/C34H35N9O.CH4/c1-39-23-29(22-37-39)27-18-30(32-28(19-35)21-38-43(32)24-27)26-10-11-31(36-20-26)40-14-16-42(17-15-40)34(44)33(25-8-4-2-5-9-25)41-12-6-3-7-13-41;/h2,4-5,8-11,18,20-24,33H,3,6-7,12-17H2,1H3;1H4. The number of amides is 1. The van der Waals surface area contributed by atoms with Crippen molar-refractivity contribution in [2.75, 3.05) is 44.2 Å². The summed E-state index contributed by atoms with van der Waals surface area (Å²) in [5, 5.41) is 18.5. The fourth-order valence-corrected chi connectivity index (χ4v) is 6.53. The Balaban J connectivity index is 0.00000357. The van der Waals surface area contributed by atoms with Crippen molar-refractivity contribution in [1.82, 2.24) is 34.2 Å². The summed E-state index contributed by atoms with van der Waals surface area (Å²) in [6.45, 7) is 4.70. The maximum absolute atomic E-state index is 13.9. The number of aromatic nitrogens is 5. The van der Waals surface area contributed by atoms with Crippen molar-refractivity contribution in [3.05, 3.63) is 90.6 Å². The van der Waals surface area contributed by atoms with Gasteiger partial charge in [0.1, 0.15) is 17.9 Å². The third kappa shape index (κ3) is 5.91. The molecule has 45 heavy (non-hydrogen) atoms. The Bertz CT molecular complexity index is 1810. The minimum atomic E-state index is -0.221. The van der Waals surface area contributed by atoms with Gasteiger partial charge in [0.2, 0.25) is 5.91 Å². The molecule has 2 aliphatic rings. The van der Waals surface area contributed by atoms with Crippen LogP contribution < -0.4 is 4.90 Å². The number of carbonyl (C=O) groups excluding carboxylic acids is 1. The molecule has 4 aromatic heterocycles. The van der Waals surface area contributed by atoms with Crippen molar-refractivity contribution in [2.45, 2.75) is 32.7 Å². The minimum Gasteiger partial charge on any atom is -0.353 e. The van der Waals surface area contributed by atoms with Gasteiger partial charge in [-0.15, -0.1) is 0 Å². The van der Waals surface area contributed by atoms with Crippen LogP contribution in [0.2, 0.25) is 0 Å². The molecule has 0 bridgehead atoms. The van der Waals surface area contributed by atoms with Gasteiger partial charge in [-0.25, -0.2) is 9.50 Å². The molecule has 2 fully saturated rings. The van der Waals surface area contributed by atoms with Crippen molar-refractivity contribution in [1.29, 1.82) is 5.26 Å². The zero-order valence-corrected chi connectivity index (χ0v) is 24.9. The van der Waals surface area contributed by atoms with E-state index < -0.39 is 0 Å². The van der Waals surface area contributed by atoms with E-state index in [-0.39, 0.29) is 19.4 Å². The number of carbonyl (C=O) groups is 1. The molecule has 0 radical (unpaired) electrons. The van der Waals surface area contributed by atoms with Crippen molar-refractivity contribution in [2.24, 2.45) is 7.05 Å². The number of anilines is 1. The summed E-state index contributed by atoms with van der Waals surface area (Å²) in [7, 11) is 1.89. The summed E-state index contributed by atoms with van der Waals surface area (Å²) in [4.78, 5) is 25.4. The van der Waals surface area contributed by atoms with Crippen molar-refractivity contribution < 1.29 is 4.79 Å². The third-order valence-electron chi connectivity index (χ3n) is 8.85. The molecule has 0 spiro atoms. The second-order valence-electron chi connectivity index (χ2n) is 11.6. The molecular formula is C35H39N9O. The SMILES string of the molecule is C.Cn1cc(-c2cc(-c3ccc(N4CCN(C(=O)C(c5ccccc5)N5CCCCC5)CC4)nc3)c3c(C#N)cnn3c2)cn1. The number of aryl methyl sites for hydroxylation is 1. The van der Waals surface area contributed by atoms with Gasteiger partial charge >= 0.3 is 0 Å². The summed E-state index contributed by atoms with van der Waals surface area (Å²) in [6, 6.07) is 18.4. The average Bonchev–Trinajstić information content (AvgIpc) is 3.71. The number of nitrogens with zero attached hydrogens (tertiary/aromatic N) is 9. The summed E-state index contributed by atoms with van der Waals surface area (Å²) in [6.07, 6.45) is 12.7. The Labute approximate surface area is 264 Å². The summed E-state index contributed by atoms with van der Waals surface area (Å²) in [5.74, 6) is 1.08. The monoisotopic (exact) mass is 601 g/mol. The smallest absolute Gasteiger partial charge is 0.244 e. The predicted octanol–water partition coefficient (Wildman–Crippen LogP) is 5.18. The Morgan fingerprint density at radius 1 is 0.844 bits per heavy atom. The Morgan fingerprint density at radius 3 is 2.29 bits per heavy atom.